The quantitative estimate of drug-likeness (QED) is 0.911. The molecule has 0 fully saturated rings. The van der Waals surface area contributed by atoms with Crippen molar-refractivity contribution in [3.8, 4) is 11.5 Å². The summed E-state index contributed by atoms with van der Waals surface area (Å²) < 4.78 is 32.0. The molecule has 0 radical (unpaired) electrons. The van der Waals surface area contributed by atoms with E-state index in [4.69, 9.17) is 10.3 Å². The first-order valence-electron chi connectivity index (χ1n) is 5.67. The third-order valence-electron chi connectivity index (χ3n) is 2.51. The second-order valence-electron chi connectivity index (χ2n) is 4.42. The van der Waals surface area contributed by atoms with Crippen molar-refractivity contribution in [2.45, 2.75) is 6.04 Å². The first-order valence-corrected chi connectivity index (χ1v) is 5.67. The van der Waals surface area contributed by atoms with Gasteiger partial charge in [-0.15, -0.1) is 0 Å². The molecule has 102 valence electrons. The minimum atomic E-state index is -0.753. The number of hydrogen-bond acceptors (Lipinski definition) is 5. The Hall–Kier alpha value is -1.86. The number of rotatable bonds is 4. The van der Waals surface area contributed by atoms with Gasteiger partial charge in [0.1, 0.15) is 17.2 Å². The fraction of sp³-hybridized carbons (Fsp3) is 0.333. The lowest BCUT2D eigenvalue weighted by atomic mass is 10.2. The van der Waals surface area contributed by atoms with Gasteiger partial charge in [-0.05, 0) is 26.2 Å². The number of halogens is 2. The smallest absolute Gasteiger partial charge is 0.263 e. The molecule has 1 heterocycles. The van der Waals surface area contributed by atoms with E-state index in [-0.39, 0.29) is 17.3 Å². The van der Waals surface area contributed by atoms with Gasteiger partial charge in [-0.3, -0.25) is 0 Å². The van der Waals surface area contributed by atoms with Gasteiger partial charge in [-0.1, -0.05) is 11.2 Å². The Kier molecular flexibility index (Phi) is 3.87. The van der Waals surface area contributed by atoms with Crippen LogP contribution in [0.25, 0.3) is 11.5 Å². The summed E-state index contributed by atoms with van der Waals surface area (Å²) in [5.41, 5.74) is 5.51. The van der Waals surface area contributed by atoms with Crippen molar-refractivity contribution in [1.29, 1.82) is 0 Å². The molecule has 0 aliphatic rings. The molecule has 19 heavy (non-hydrogen) atoms. The van der Waals surface area contributed by atoms with Gasteiger partial charge in [0.2, 0.25) is 0 Å². The van der Waals surface area contributed by atoms with Crippen LogP contribution in [0, 0.1) is 11.6 Å². The molecule has 0 aliphatic heterocycles. The summed E-state index contributed by atoms with van der Waals surface area (Å²) in [6.45, 7) is 0.499. The molecular weight excluding hydrogens is 254 g/mol. The highest BCUT2D eigenvalue weighted by atomic mass is 19.1. The van der Waals surface area contributed by atoms with Gasteiger partial charge < -0.3 is 15.2 Å². The number of nitrogens with zero attached hydrogens (tertiary/aromatic N) is 3. The van der Waals surface area contributed by atoms with E-state index < -0.39 is 17.7 Å². The predicted molar refractivity (Wildman–Crippen MR) is 65.1 cm³/mol. The van der Waals surface area contributed by atoms with Crippen molar-refractivity contribution in [1.82, 2.24) is 15.0 Å². The minimum absolute atomic E-state index is 0.209. The molecule has 1 unspecified atom stereocenters. The van der Waals surface area contributed by atoms with E-state index >= 15 is 0 Å². The first-order chi connectivity index (χ1) is 8.99. The number of benzene rings is 1. The van der Waals surface area contributed by atoms with E-state index in [1.807, 2.05) is 19.0 Å². The molecule has 5 nitrogen and oxygen atoms in total. The Morgan fingerprint density at radius 2 is 1.95 bits per heavy atom. The van der Waals surface area contributed by atoms with Gasteiger partial charge in [0.15, 0.2) is 5.82 Å². The lowest BCUT2D eigenvalue weighted by Gasteiger charge is -2.12. The molecule has 0 amide bonds. The fourth-order valence-corrected chi connectivity index (χ4v) is 1.66. The first kappa shape index (κ1) is 13.6. The van der Waals surface area contributed by atoms with Crippen LogP contribution in [0.3, 0.4) is 0 Å². The molecule has 1 atom stereocenters. The summed E-state index contributed by atoms with van der Waals surface area (Å²) in [6, 6.07) is 3.04. The second kappa shape index (κ2) is 5.41. The molecule has 0 bridgehead atoms. The van der Waals surface area contributed by atoms with Gasteiger partial charge in [0, 0.05) is 6.54 Å². The summed E-state index contributed by atoms with van der Waals surface area (Å²) in [5, 5.41) is 3.66. The lowest BCUT2D eigenvalue weighted by Crippen LogP contribution is -2.26. The number of nitrogens with two attached hydrogens (primary N) is 1. The highest BCUT2D eigenvalue weighted by Crippen LogP contribution is 2.25. The Labute approximate surface area is 109 Å². The molecule has 2 rings (SSSR count). The molecule has 2 aromatic rings. The molecular formula is C12H14F2N4O. The maximum absolute atomic E-state index is 13.5. The van der Waals surface area contributed by atoms with E-state index in [0.717, 1.165) is 12.1 Å². The maximum Gasteiger partial charge on any atom is 0.263 e. The zero-order valence-corrected chi connectivity index (χ0v) is 10.6. The van der Waals surface area contributed by atoms with Crippen LogP contribution < -0.4 is 5.73 Å². The van der Waals surface area contributed by atoms with Crippen LogP contribution in [0.5, 0.6) is 0 Å². The normalized spacial score (nSPS) is 12.9. The van der Waals surface area contributed by atoms with Crippen LogP contribution in [-0.4, -0.2) is 35.7 Å². The molecule has 7 heteroatoms. The molecule has 0 saturated heterocycles. The Balaban J connectivity index is 2.31. The molecule has 1 aromatic heterocycles. The van der Waals surface area contributed by atoms with Crippen LogP contribution in [0.15, 0.2) is 22.7 Å². The summed E-state index contributed by atoms with van der Waals surface area (Å²) >= 11 is 0. The van der Waals surface area contributed by atoms with Crippen LogP contribution >= 0.6 is 0 Å². The van der Waals surface area contributed by atoms with Crippen molar-refractivity contribution >= 4 is 0 Å². The highest BCUT2D eigenvalue weighted by molar-refractivity contribution is 5.54. The number of aromatic nitrogens is 2. The van der Waals surface area contributed by atoms with E-state index in [1.165, 1.54) is 6.07 Å². The van der Waals surface area contributed by atoms with Crippen molar-refractivity contribution < 1.29 is 13.3 Å². The Bertz CT molecular complexity index is 550. The fourth-order valence-electron chi connectivity index (χ4n) is 1.66. The standard InChI is InChI=1S/C12H14F2N4O/c1-18(2)6-9(15)11-16-12(19-17-11)10-7(13)4-3-5-8(10)14/h3-5,9H,6,15H2,1-2H3. The largest absolute Gasteiger partial charge is 0.334 e. The number of likely N-dealkylation sites (N-methyl/N-ethyl adjacent to an activating group) is 1. The van der Waals surface area contributed by atoms with Crippen molar-refractivity contribution in [3.05, 3.63) is 35.7 Å². The predicted octanol–water partition coefficient (Wildman–Crippen LogP) is 1.58. The van der Waals surface area contributed by atoms with Gasteiger partial charge in [0.05, 0.1) is 6.04 Å². The van der Waals surface area contributed by atoms with Crippen molar-refractivity contribution in [2.24, 2.45) is 5.73 Å². The monoisotopic (exact) mass is 268 g/mol. The van der Waals surface area contributed by atoms with Crippen molar-refractivity contribution in [2.75, 3.05) is 20.6 Å². The average molecular weight is 268 g/mol. The second-order valence-corrected chi connectivity index (χ2v) is 4.42. The SMILES string of the molecule is CN(C)CC(N)c1noc(-c2c(F)cccc2F)n1. The van der Waals surface area contributed by atoms with Crippen LogP contribution in [0.2, 0.25) is 0 Å². The summed E-state index contributed by atoms with van der Waals surface area (Å²) in [7, 11) is 3.69. The average Bonchev–Trinajstić information content (AvgIpc) is 2.77. The van der Waals surface area contributed by atoms with Gasteiger partial charge in [0.25, 0.3) is 5.89 Å². The molecule has 2 N–H and O–H groups in total. The van der Waals surface area contributed by atoms with Gasteiger partial charge in [-0.2, -0.15) is 4.98 Å². The van der Waals surface area contributed by atoms with E-state index in [1.54, 1.807) is 0 Å². The maximum atomic E-state index is 13.5. The zero-order chi connectivity index (χ0) is 14.0. The van der Waals surface area contributed by atoms with Crippen LogP contribution in [0.4, 0.5) is 8.78 Å². The Morgan fingerprint density at radius 1 is 1.32 bits per heavy atom. The van der Waals surface area contributed by atoms with Crippen molar-refractivity contribution in [3.63, 3.8) is 0 Å². The summed E-state index contributed by atoms with van der Waals surface area (Å²) in [4.78, 5) is 5.80. The topological polar surface area (TPSA) is 68.2 Å². The molecule has 0 aliphatic carbocycles. The third-order valence-corrected chi connectivity index (χ3v) is 2.51. The zero-order valence-electron chi connectivity index (χ0n) is 10.6. The molecule has 0 saturated carbocycles. The van der Waals surface area contributed by atoms with E-state index in [0.29, 0.717) is 6.54 Å². The molecule has 1 aromatic carbocycles. The van der Waals surface area contributed by atoms with E-state index in [2.05, 4.69) is 10.1 Å². The molecule has 0 spiro atoms. The summed E-state index contributed by atoms with van der Waals surface area (Å²) in [6.07, 6.45) is 0. The summed E-state index contributed by atoms with van der Waals surface area (Å²) in [5.74, 6) is -1.50. The van der Waals surface area contributed by atoms with Crippen LogP contribution in [-0.2, 0) is 0 Å². The van der Waals surface area contributed by atoms with Crippen LogP contribution in [0.1, 0.15) is 11.9 Å². The Morgan fingerprint density at radius 3 is 2.53 bits per heavy atom. The van der Waals surface area contributed by atoms with Gasteiger partial charge in [-0.25, -0.2) is 8.78 Å². The van der Waals surface area contributed by atoms with Gasteiger partial charge >= 0.3 is 0 Å². The third kappa shape index (κ3) is 2.94. The highest BCUT2D eigenvalue weighted by Gasteiger charge is 2.20. The number of hydrogen-bond donors (Lipinski definition) is 1. The lowest BCUT2D eigenvalue weighted by molar-refractivity contribution is 0.356. The minimum Gasteiger partial charge on any atom is -0.334 e. The van der Waals surface area contributed by atoms with E-state index in [9.17, 15) is 8.78 Å².